The normalized spacial score (nSPS) is 10.8. The predicted molar refractivity (Wildman–Crippen MR) is 85.1 cm³/mol. The van der Waals surface area contributed by atoms with E-state index >= 15 is 0 Å². The number of rotatable bonds is 6. The van der Waals surface area contributed by atoms with E-state index in [1.807, 2.05) is 12.1 Å². The molecule has 0 amide bonds. The number of hydrazone groups is 1. The summed E-state index contributed by atoms with van der Waals surface area (Å²) in [6.45, 7) is 2.15. The summed E-state index contributed by atoms with van der Waals surface area (Å²) in [4.78, 5) is 15.6. The molecule has 0 bridgehead atoms. The molecule has 0 saturated heterocycles. The fraction of sp³-hybridized carbons (Fsp3) is 0.214. The Labute approximate surface area is 131 Å². The molecule has 2 aromatic rings. The summed E-state index contributed by atoms with van der Waals surface area (Å²) in [6.07, 6.45) is 1.82. The van der Waals surface area contributed by atoms with Crippen LogP contribution in [0.3, 0.4) is 0 Å². The molecule has 2 rings (SSSR count). The van der Waals surface area contributed by atoms with Gasteiger partial charge in [0.1, 0.15) is 0 Å². The molecule has 1 N–H and O–H groups in total. The molecule has 0 atom stereocenters. The zero-order chi connectivity index (χ0) is 15.1. The van der Waals surface area contributed by atoms with Gasteiger partial charge in [0.15, 0.2) is 0 Å². The van der Waals surface area contributed by atoms with E-state index in [9.17, 15) is 4.79 Å². The van der Waals surface area contributed by atoms with Crippen LogP contribution in [0.4, 0.5) is 5.13 Å². The second-order valence-electron chi connectivity index (χ2n) is 4.05. The lowest BCUT2D eigenvalue weighted by Gasteiger charge is -1.98. The minimum absolute atomic E-state index is 0.171. The summed E-state index contributed by atoms with van der Waals surface area (Å²) in [5.41, 5.74) is 4.37. The van der Waals surface area contributed by atoms with Gasteiger partial charge < -0.3 is 4.74 Å². The average Bonchev–Trinajstić information content (AvgIpc) is 2.86. The van der Waals surface area contributed by atoms with Crippen LogP contribution in [0.1, 0.15) is 18.2 Å². The molecule has 1 aromatic carbocycles. The third kappa shape index (κ3) is 5.17. The summed E-state index contributed by atoms with van der Waals surface area (Å²) < 4.78 is 4.87. The highest BCUT2D eigenvalue weighted by atomic mass is 35.5. The average molecular weight is 324 g/mol. The SMILES string of the molecule is CCOC(=O)Cc1csc(N/N=C/c2cccc(Cl)c2)n1. The highest BCUT2D eigenvalue weighted by molar-refractivity contribution is 7.13. The molecular formula is C14H14ClN3O2S. The van der Waals surface area contributed by atoms with Crippen LogP contribution in [-0.2, 0) is 16.0 Å². The summed E-state index contributed by atoms with van der Waals surface area (Å²) in [7, 11) is 0. The van der Waals surface area contributed by atoms with Crippen LogP contribution < -0.4 is 5.43 Å². The Morgan fingerprint density at radius 1 is 1.57 bits per heavy atom. The van der Waals surface area contributed by atoms with E-state index in [1.54, 1.807) is 30.7 Å². The number of halogens is 1. The van der Waals surface area contributed by atoms with Crippen molar-refractivity contribution in [3.63, 3.8) is 0 Å². The lowest BCUT2D eigenvalue weighted by atomic mass is 10.2. The first-order chi connectivity index (χ1) is 10.2. The van der Waals surface area contributed by atoms with Crippen molar-refractivity contribution in [2.24, 2.45) is 5.10 Å². The molecule has 0 aliphatic rings. The number of ether oxygens (including phenoxy) is 1. The Balaban J connectivity index is 1.89. The van der Waals surface area contributed by atoms with E-state index in [0.717, 1.165) is 5.56 Å². The second kappa shape index (κ2) is 7.75. The van der Waals surface area contributed by atoms with Gasteiger partial charge in [-0.3, -0.25) is 10.2 Å². The molecule has 5 nitrogen and oxygen atoms in total. The van der Waals surface area contributed by atoms with E-state index in [-0.39, 0.29) is 12.4 Å². The van der Waals surface area contributed by atoms with Crippen molar-refractivity contribution >= 4 is 40.3 Å². The zero-order valence-electron chi connectivity index (χ0n) is 11.4. The third-order valence-corrected chi connectivity index (χ3v) is 3.44. The van der Waals surface area contributed by atoms with E-state index in [0.29, 0.717) is 22.5 Å². The number of nitrogens with one attached hydrogen (secondary N) is 1. The standard InChI is InChI=1S/C14H14ClN3O2S/c1-2-20-13(19)7-12-9-21-14(17-12)18-16-8-10-4-3-5-11(15)6-10/h3-6,8-9H,2,7H2,1H3,(H,17,18)/b16-8+. The fourth-order valence-corrected chi connectivity index (χ4v) is 2.41. The van der Waals surface area contributed by atoms with Gasteiger partial charge in [0, 0.05) is 10.4 Å². The highest BCUT2D eigenvalue weighted by Crippen LogP contribution is 2.16. The number of carbonyl (C=O) groups is 1. The van der Waals surface area contributed by atoms with Crippen LogP contribution in [0.2, 0.25) is 5.02 Å². The Morgan fingerprint density at radius 3 is 3.19 bits per heavy atom. The van der Waals surface area contributed by atoms with Crippen molar-refractivity contribution in [3.8, 4) is 0 Å². The Morgan fingerprint density at radius 2 is 2.43 bits per heavy atom. The molecule has 110 valence electrons. The molecule has 0 aliphatic heterocycles. The van der Waals surface area contributed by atoms with Crippen molar-refractivity contribution in [2.75, 3.05) is 12.0 Å². The molecule has 0 fully saturated rings. The third-order valence-electron chi connectivity index (χ3n) is 2.41. The van der Waals surface area contributed by atoms with E-state index in [1.165, 1.54) is 11.3 Å². The number of anilines is 1. The van der Waals surface area contributed by atoms with Crippen molar-refractivity contribution in [2.45, 2.75) is 13.3 Å². The van der Waals surface area contributed by atoms with E-state index < -0.39 is 0 Å². The van der Waals surface area contributed by atoms with Gasteiger partial charge >= 0.3 is 5.97 Å². The first-order valence-corrected chi connectivity index (χ1v) is 7.58. The van der Waals surface area contributed by atoms with Crippen LogP contribution in [0, 0.1) is 0 Å². The number of aromatic nitrogens is 1. The van der Waals surface area contributed by atoms with E-state index in [4.69, 9.17) is 16.3 Å². The number of thiazole rings is 1. The number of hydrogen-bond acceptors (Lipinski definition) is 6. The van der Waals surface area contributed by atoms with Gasteiger partial charge in [0.05, 0.1) is 24.9 Å². The number of nitrogens with zero attached hydrogens (tertiary/aromatic N) is 2. The van der Waals surface area contributed by atoms with Crippen molar-refractivity contribution in [3.05, 3.63) is 45.9 Å². The van der Waals surface area contributed by atoms with E-state index in [2.05, 4.69) is 15.5 Å². The minimum atomic E-state index is -0.281. The van der Waals surface area contributed by atoms with Gasteiger partial charge in [-0.15, -0.1) is 11.3 Å². The summed E-state index contributed by atoms with van der Waals surface area (Å²) in [5, 5.41) is 7.16. The Kier molecular flexibility index (Phi) is 5.71. The highest BCUT2D eigenvalue weighted by Gasteiger charge is 2.07. The van der Waals surface area contributed by atoms with Crippen molar-refractivity contribution in [1.29, 1.82) is 0 Å². The topological polar surface area (TPSA) is 63.6 Å². The van der Waals surface area contributed by atoms with Crippen LogP contribution in [0.15, 0.2) is 34.7 Å². The molecule has 21 heavy (non-hydrogen) atoms. The lowest BCUT2D eigenvalue weighted by molar-refractivity contribution is -0.142. The number of benzene rings is 1. The van der Waals surface area contributed by atoms with Crippen LogP contribution in [0.5, 0.6) is 0 Å². The smallest absolute Gasteiger partial charge is 0.311 e. The summed E-state index contributed by atoms with van der Waals surface area (Å²) >= 11 is 7.26. The van der Waals surface area contributed by atoms with Gasteiger partial charge in [-0.2, -0.15) is 5.10 Å². The van der Waals surface area contributed by atoms with Gasteiger partial charge in [-0.1, -0.05) is 23.7 Å². The van der Waals surface area contributed by atoms with Crippen molar-refractivity contribution in [1.82, 2.24) is 4.98 Å². The van der Waals surface area contributed by atoms with Crippen LogP contribution >= 0.6 is 22.9 Å². The Bertz CT molecular complexity index is 643. The van der Waals surface area contributed by atoms with Crippen molar-refractivity contribution < 1.29 is 9.53 Å². The molecule has 1 aromatic heterocycles. The second-order valence-corrected chi connectivity index (χ2v) is 5.35. The van der Waals surface area contributed by atoms with Crippen LogP contribution in [-0.4, -0.2) is 23.8 Å². The number of carbonyl (C=O) groups excluding carboxylic acids is 1. The molecule has 0 spiro atoms. The molecule has 0 unspecified atom stereocenters. The first-order valence-electron chi connectivity index (χ1n) is 6.32. The predicted octanol–water partition coefficient (Wildman–Crippen LogP) is 3.35. The molecule has 0 saturated carbocycles. The molecule has 0 radical (unpaired) electrons. The largest absolute Gasteiger partial charge is 0.466 e. The summed E-state index contributed by atoms with van der Waals surface area (Å²) in [6, 6.07) is 7.35. The monoisotopic (exact) mass is 323 g/mol. The first kappa shape index (κ1) is 15.5. The lowest BCUT2D eigenvalue weighted by Crippen LogP contribution is -2.07. The number of esters is 1. The maximum atomic E-state index is 11.3. The van der Waals surface area contributed by atoms with Crippen LogP contribution in [0.25, 0.3) is 0 Å². The number of hydrogen-bond donors (Lipinski definition) is 1. The van der Waals surface area contributed by atoms with Gasteiger partial charge in [-0.25, -0.2) is 4.98 Å². The van der Waals surface area contributed by atoms with Gasteiger partial charge in [0.2, 0.25) is 5.13 Å². The molecular weight excluding hydrogens is 310 g/mol. The summed E-state index contributed by atoms with van der Waals surface area (Å²) in [5.74, 6) is -0.281. The van der Waals surface area contributed by atoms with Gasteiger partial charge in [-0.05, 0) is 24.6 Å². The quantitative estimate of drug-likeness (QED) is 0.503. The molecule has 1 heterocycles. The zero-order valence-corrected chi connectivity index (χ0v) is 12.9. The Hall–Kier alpha value is -1.92. The molecule has 0 aliphatic carbocycles. The minimum Gasteiger partial charge on any atom is -0.466 e. The fourth-order valence-electron chi connectivity index (χ4n) is 1.55. The maximum Gasteiger partial charge on any atom is 0.311 e. The maximum absolute atomic E-state index is 11.3. The van der Waals surface area contributed by atoms with Gasteiger partial charge in [0.25, 0.3) is 0 Å². The molecule has 7 heteroatoms.